The molecule has 0 saturated heterocycles. The standard InChI is InChI=1S/C16H25NO5S/c1-5-13(3)17(16(18)12-21-4)11-14-7-9-15(10-8-14)22-23(19,20)6-2/h7-10,13H,5-6,11-12H2,1-4H3/t13-/m1/s1. The van der Waals surface area contributed by atoms with Crippen LogP contribution in [0.15, 0.2) is 24.3 Å². The molecule has 0 bridgehead atoms. The highest BCUT2D eigenvalue weighted by atomic mass is 32.2. The van der Waals surface area contributed by atoms with E-state index < -0.39 is 10.1 Å². The molecule has 0 fully saturated rings. The molecule has 0 radical (unpaired) electrons. The largest absolute Gasteiger partial charge is 0.382 e. The van der Waals surface area contributed by atoms with E-state index in [2.05, 4.69) is 0 Å². The molecule has 0 aromatic heterocycles. The third kappa shape index (κ3) is 6.19. The number of hydrogen-bond acceptors (Lipinski definition) is 5. The minimum atomic E-state index is -3.53. The molecule has 0 unspecified atom stereocenters. The number of amides is 1. The first kappa shape index (κ1) is 19.4. The van der Waals surface area contributed by atoms with Crippen LogP contribution < -0.4 is 4.18 Å². The molecule has 0 aliphatic rings. The third-order valence-corrected chi connectivity index (χ3v) is 4.72. The molecule has 1 atom stereocenters. The summed E-state index contributed by atoms with van der Waals surface area (Å²) in [4.78, 5) is 13.9. The van der Waals surface area contributed by atoms with Crippen molar-refractivity contribution in [3.63, 3.8) is 0 Å². The average Bonchev–Trinajstić information content (AvgIpc) is 2.53. The summed E-state index contributed by atoms with van der Waals surface area (Å²) < 4.78 is 32.7. The van der Waals surface area contributed by atoms with Gasteiger partial charge in [0.05, 0.1) is 5.75 Å². The summed E-state index contributed by atoms with van der Waals surface area (Å²) in [7, 11) is -2.03. The van der Waals surface area contributed by atoms with Gasteiger partial charge in [0.1, 0.15) is 12.4 Å². The van der Waals surface area contributed by atoms with Crippen molar-refractivity contribution >= 4 is 16.0 Å². The Balaban J connectivity index is 2.83. The van der Waals surface area contributed by atoms with Gasteiger partial charge >= 0.3 is 10.1 Å². The number of methoxy groups -OCH3 is 1. The lowest BCUT2D eigenvalue weighted by atomic mass is 10.1. The van der Waals surface area contributed by atoms with Crippen molar-refractivity contribution in [2.75, 3.05) is 19.5 Å². The molecule has 23 heavy (non-hydrogen) atoms. The Labute approximate surface area is 138 Å². The average molecular weight is 343 g/mol. The first-order valence-corrected chi connectivity index (χ1v) is 9.20. The van der Waals surface area contributed by atoms with Crippen LogP contribution in [0, 0.1) is 0 Å². The van der Waals surface area contributed by atoms with E-state index in [0.717, 1.165) is 12.0 Å². The summed E-state index contributed by atoms with van der Waals surface area (Å²) >= 11 is 0. The fraction of sp³-hybridized carbons (Fsp3) is 0.562. The molecular weight excluding hydrogens is 318 g/mol. The third-order valence-electron chi connectivity index (χ3n) is 3.56. The summed E-state index contributed by atoms with van der Waals surface area (Å²) in [6, 6.07) is 6.80. The zero-order valence-corrected chi connectivity index (χ0v) is 14.9. The lowest BCUT2D eigenvalue weighted by Gasteiger charge is -2.28. The molecule has 0 saturated carbocycles. The van der Waals surface area contributed by atoms with Gasteiger partial charge in [0.15, 0.2) is 0 Å². The van der Waals surface area contributed by atoms with Gasteiger partial charge in [0, 0.05) is 19.7 Å². The second-order valence-electron chi connectivity index (χ2n) is 5.29. The lowest BCUT2D eigenvalue weighted by molar-refractivity contribution is -0.138. The maximum atomic E-state index is 12.1. The molecule has 0 N–H and O–H groups in total. The number of rotatable bonds is 9. The highest BCUT2D eigenvalue weighted by molar-refractivity contribution is 7.87. The van der Waals surface area contributed by atoms with Gasteiger partial charge in [-0.2, -0.15) is 8.42 Å². The molecule has 0 heterocycles. The normalized spacial score (nSPS) is 12.7. The number of ether oxygens (including phenoxy) is 1. The van der Waals surface area contributed by atoms with Crippen molar-refractivity contribution in [1.82, 2.24) is 4.90 Å². The number of carbonyl (C=O) groups excluding carboxylic acids is 1. The molecule has 130 valence electrons. The van der Waals surface area contributed by atoms with E-state index in [1.807, 2.05) is 13.8 Å². The van der Waals surface area contributed by atoms with Crippen LogP contribution in [-0.4, -0.2) is 44.7 Å². The Morgan fingerprint density at radius 2 is 1.83 bits per heavy atom. The molecule has 1 aromatic rings. The molecule has 1 rings (SSSR count). The summed E-state index contributed by atoms with van der Waals surface area (Å²) in [6.45, 7) is 6.01. The van der Waals surface area contributed by atoms with Crippen LogP contribution in [0.3, 0.4) is 0 Å². The Bertz CT molecular complexity index is 597. The smallest absolute Gasteiger partial charge is 0.308 e. The maximum absolute atomic E-state index is 12.1. The monoisotopic (exact) mass is 343 g/mol. The first-order chi connectivity index (χ1) is 10.8. The van der Waals surface area contributed by atoms with Gasteiger partial charge in [-0.1, -0.05) is 19.1 Å². The minimum Gasteiger partial charge on any atom is -0.382 e. The molecule has 1 amide bonds. The second-order valence-corrected chi connectivity index (χ2v) is 7.14. The zero-order chi connectivity index (χ0) is 17.5. The van der Waals surface area contributed by atoms with Crippen LogP contribution in [-0.2, 0) is 26.2 Å². The van der Waals surface area contributed by atoms with Crippen LogP contribution in [0.5, 0.6) is 5.75 Å². The summed E-state index contributed by atoms with van der Waals surface area (Å²) in [5.74, 6) is 0.117. The molecule has 1 aromatic carbocycles. The molecule has 6 nitrogen and oxygen atoms in total. The highest BCUT2D eigenvalue weighted by Crippen LogP contribution is 2.17. The number of carbonyl (C=O) groups is 1. The Morgan fingerprint density at radius 1 is 1.22 bits per heavy atom. The van der Waals surface area contributed by atoms with Crippen LogP contribution in [0.2, 0.25) is 0 Å². The van der Waals surface area contributed by atoms with E-state index in [-0.39, 0.29) is 30.1 Å². The predicted molar refractivity (Wildman–Crippen MR) is 88.7 cm³/mol. The van der Waals surface area contributed by atoms with Gasteiger partial charge in [0.2, 0.25) is 5.91 Å². The highest BCUT2D eigenvalue weighted by Gasteiger charge is 2.19. The van der Waals surface area contributed by atoms with Gasteiger partial charge in [0.25, 0.3) is 0 Å². The number of hydrogen-bond donors (Lipinski definition) is 0. The van der Waals surface area contributed by atoms with Crippen LogP contribution in [0.1, 0.15) is 32.8 Å². The first-order valence-electron chi connectivity index (χ1n) is 7.62. The fourth-order valence-electron chi connectivity index (χ4n) is 1.97. The zero-order valence-electron chi connectivity index (χ0n) is 14.1. The second kappa shape index (κ2) is 8.88. The number of benzene rings is 1. The van der Waals surface area contributed by atoms with Crippen molar-refractivity contribution in [2.24, 2.45) is 0 Å². The Morgan fingerprint density at radius 3 is 2.30 bits per heavy atom. The van der Waals surface area contributed by atoms with Gasteiger partial charge < -0.3 is 13.8 Å². The van der Waals surface area contributed by atoms with Gasteiger partial charge in [-0.15, -0.1) is 0 Å². The molecule has 0 aliphatic carbocycles. The van der Waals surface area contributed by atoms with E-state index in [1.54, 1.807) is 29.2 Å². The lowest BCUT2D eigenvalue weighted by Crippen LogP contribution is -2.39. The minimum absolute atomic E-state index is 0.0419. The summed E-state index contributed by atoms with van der Waals surface area (Å²) in [5, 5.41) is 0. The van der Waals surface area contributed by atoms with Crippen molar-refractivity contribution in [3.8, 4) is 5.75 Å². The van der Waals surface area contributed by atoms with E-state index in [1.165, 1.54) is 14.0 Å². The summed E-state index contributed by atoms with van der Waals surface area (Å²) in [5.41, 5.74) is 0.899. The maximum Gasteiger partial charge on any atom is 0.308 e. The molecule has 7 heteroatoms. The Kier molecular flexibility index (Phi) is 7.51. The van der Waals surface area contributed by atoms with Crippen molar-refractivity contribution in [1.29, 1.82) is 0 Å². The summed E-state index contributed by atoms with van der Waals surface area (Å²) in [6.07, 6.45) is 0.839. The van der Waals surface area contributed by atoms with E-state index in [9.17, 15) is 13.2 Å². The van der Waals surface area contributed by atoms with Crippen LogP contribution in [0.25, 0.3) is 0 Å². The van der Waals surface area contributed by atoms with Gasteiger partial charge in [-0.05, 0) is 38.0 Å². The SMILES string of the molecule is CC[C@@H](C)N(Cc1ccc(OS(=O)(=O)CC)cc1)C(=O)COC. The molecular formula is C16H25NO5S. The van der Waals surface area contributed by atoms with E-state index >= 15 is 0 Å². The number of nitrogens with zero attached hydrogens (tertiary/aromatic N) is 1. The molecule has 0 aliphatic heterocycles. The predicted octanol–water partition coefficient (Wildman–Crippen LogP) is 2.19. The van der Waals surface area contributed by atoms with Gasteiger partial charge in [-0.25, -0.2) is 0 Å². The van der Waals surface area contributed by atoms with E-state index in [4.69, 9.17) is 8.92 Å². The Hall–Kier alpha value is -1.60. The fourth-order valence-corrected chi connectivity index (χ4v) is 2.49. The molecule has 0 spiro atoms. The van der Waals surface area contributed by atoms with Crippen LogP contribution >= 0.6 is 0 Å². The van der Waals surface area contributed by atoms with Gasteiger partial charge in [-0.3, -0.25) is 4.79 Å². The van der Waals surface area contributed by atoms with Crippen molar-refractivity contribution in [2.45, 2.75) is 39.8 Å². The van der Waals surface area contributed by atoms with Crippen molar-refractivity contribution in [3.05, 3.63) is 29.8 Å². The quantitative estimate of drug-likeness (QED) is 0.643. The topological polar surface area (TPSA) is 72.9 Å². The van der Waals surface area contributed by atoms with Crippen molar-refractivity contribution < 1.29 is 22.1 Å². The van der Waals surface area contributed by atoms with Crippen LogP contribution in [0.4, 0.5) is 0 Å². The van der Waals surface area contributed by atoms with E-state index in [0.29, 0.717) is 6.54 Å².